The first-order valence-electron chi connectivity index (χ1n) is 6.93. The second kappa shape index (κ2) is 5.95. The van der Waals surface area contributed by atoms with Crippen molar-refractivity contribution in [2.75, 3.05) is 20.7 Å². The average Bonchev–Trinajstić information content (AvgIpc) is 3.07. The highest BCUT2D eigenvalue weighted by Gasteiger charge is 2.35. The van der Waals surface area contributed by atoms with E-state index < -0.39 is 18.4 Å². The van der Waals surface area contributed by atoms with Gasteiger partial charge in [0.1, 0.15) is 17.8 Å². The van der Waals surface area contributed by atoms with Gasteiger partial charge in [0.15, 0.2) is 5.65 Å². The number of nitrogens with zero attached hydrogens (tertiary/aromatic N) is 6. The smallest absolute Gasteiger partial charge is 0.252 e. The molecule has 0 spiro atoms. The molecule has 0 amide bonds. The normalized spacial score (nSPS) is 25.4. The molecular weight excluding hydrogens is 288 g/mol. The van der Waals surface area contributed by atoms with E-state index in [1.165, 1.54) is 0 Å². The summed E-state index contributed by atoms with van der Waals surface area (Å²) in [4.78, 5) is 18.7. The number of rotatable bonds is 4. The summed E-state index contributed by atoms with van der Waals surface area (Å²) in [6, 6.07) is 0. The van der Waals surface area contributed by atoms with Crippen LogP contribution in [0.25, 0.3) is 11.2 Å². The molecule has 1 saturated heterocycles. The van der Waals surface area contributed by atoms with Gasteiger partial charge in [-0.15, -0.1) is 0 Å². The van der Waals surface area contributed by atoms with Crippen LogP contribution < -0.4 is 0 Å². The predicted octanol–water partition coefficient (Wildman–Crippen LogP) is -0.312. The molecule has 1 aliphatic heterocycles. The van der Waals surface area contributed by atoms with Gasteiger partial charge in [-0.25, -0.2) is 15.0 Å². The van der Waals surface area contributed by atoms with E-state index in [9.17, 15) is 10.2 Å². The Morgan fingerprint density at radius 3 is 3.00 bits per heavy atom. The molecule has 2 aromatic heterocycles. The lowest BCUT2D eigenvalue weighted by Crippen LogP contribution is -2.24. The maximum atomic E-state index is 9.85. The summed E-state index contributed by atoms with van der Waals surface area (Å²) >= 11 is 0. The number of imidazole rings is 1. The molecule has 0 aliphatic carbocycles. The summed E-state index contributed by atoms with van der Waals surface area (Å²) in [5.41, 5.74) is 1.20. The molecule has 2 aromatic rings. The average molecular weight is 306 g/mol. The van der Waals surface area contributed by atoms with Crippen LogP contribution in [-0.4, -0.2) is 73.9 Å². The summed E-state index contributed by atoms with van der Waals surface area (Å²) in [7, 11) is 3.71. The first kappa shape index (κ1) is 14.8. The van der Waals surface area contributed by atoms with E-state index in [4.69, 9.17) is 4.74 Å². The van der Waals surface area contributed by atoms with Gasteiger partial charge in [0.05, 0.1) is 31.6 Å². The van der Waals surface area contributed by atoms with Crippen LogP contribution in [0.3, 0.4) is 0 Å². The van der Waals surface area contributed by atoms with Crippen molar-refractivity contribution in [1.29, 1.82) is 0 Å². The van der Waals surface area contributed by atoms with Crippen molar-refractivity contribution in [3.05, 3.63) is 12.5 Å². The van der Waals surface area contributed by atoms with E-state index >= 15 is 0 Å². The van der Waals surface area contributed by atoms with E-state index in [-0.39, 0.29) is 6.61 Å². The zero-order valence-corrected chi connectivity index (χ0v) is 12.4. The summed E-state index contributed by atoms with van der Waals surface area (Å²) < 4.78 is 7.36. The zero-order valence-electron chi connectivity index (χ0n) is 12.4. The third-order valence-electron chi connectivity index (χ3n) is 3.40. The van der Waals surface area contributed by atoms with Crippen LogP contribution in [0.4, 0.5) is 5.95 Å². The maximum Gasteiger partial charge on any atom is 0.252 e. The van der Waals surface area contributed by atoms with Gasteiger partial charge >= 0.3 is 0 Å². The van der Waals surface area contributed by atoms with Gasteiger partial charge in [-0.1, -0.05) is 0 Å². The van der Waals surface area contributed by atoms with E-state index in [2.05, 4.69) is 19.9 Å². The predicted molar refractivity (Wildman–Crippen MR) is 78.8 cm³/mol. The highest BCUT2D eigenvalue weighted by atomic mass is 16.5. The maximum absolute atomic E-state index is 9.85. The van der Waals surface area contributed by atoms with Crippen molar-refractivity contribution < 1.29 is 14.9 Å². The number of hydrogen-bond acceptors (Lipinski definition) is 7. The minimum atomic E-state index is -0.708. The lowest BCUT2D eigenvalue weighted by atomic mass is 10.2. The van der Waals surface area contributed by atoms with Crippen LogP contribution in [-0.2, 0) is 4.74 Å². The Bertz CT molecular complexity index is 685. The van der Waals surface area contributed by atoms with Crippen LogP contribution in [0.15, 0.2) is 17.5 Å². The molecule has 1 fully saturated rings. The Morgan fingerprint density at radius 2 is 2.32 bits per heavy atom. The molecule has 1 aliphatic rings. The second-order valence-corrected chi connectivity index (χ2v) is 5.35. The van der Waals surface area contributed by atoms with E-state index in [0.717, 1.165) is 0 Å². The second-order valence-electron chi connectivity index (χ2n) is 5.35. The lowest BCUT2D eigenvalue weighted by Gasteiger charge is -2.13. The highest BCUT2D eigenvalue weighted by Crippen LogP contribution is 2.30. The summed E-state index contributed by atoms with van der Waals surface area (Å²) in [6.07, 6.45) is 3.46. The fourth-order valence-corrected chi connectivity index (χ4v) is 2.31. The molecule has 0 aromatic carbocycles. The van der Waals surface area contributed by atoms with Crippen LogP contribution >= 0.6 is 0 Å². The molecule has 0 saturated carbocycles. The van der Waals surface area contributed by atoms with Crippen molar-refractivity contribution in [3.63, 3.8) is 0 Å². The van der Waals surface area contributed by atoms with Crippen molar-refractivity contribution >= 4 is 23.5 Å². The highest BCUT2D eigenvalue weighted by molar-refractivity contribution is 5.71. The quantitative estimate of drug-likeness (QED) is 0.589. The van der Waals surface area contributed by atoms with E-state index in [1.54, 1.807) is 28.3 Å². The van der Waals surface area contributed by atoms with Crippen molar-refractivity contribution in [2.24, 2.45) is 4.99 Å². The fourth-order valence-electron chi connectivity index (χ4n) is 2.31. The monoisotopic (exact) mass is 306 g/mol. The van der Waals surface area contributed by atoms with Crippen LogP contribution in [0, 0.1) is 0 Å². The number of fused-ring (bicyclic) bond motifs is 1. The SMILES string of the molecule is CN(C)C=Nc1ncc2ncn([C@H]3C[C@H](O)[C@@H](CO)O3)c2n1. The summed E-state index contributed by atoms with van der Waals surface area (Å²) in [6.45, 7) is -0.225. The van der Waals surface area contributed by atoms with Crippen molar-refractivity contribution in [3.8, 4) is 0 Å². The molecule has 9 nitrogen and oxygen atoms in total. The summed E-state index contributed by atoms with van der Waals surface area (Å²) in [5.74, 6) is 0.320. The molecule has 0 radical (unpaired) electrons. The topological polar surface area (TPSA) is 109 Å². The van der Waals surface area contributed by atoms with E-state index in [1.807, 2.05) is 14.1 Å². The first-order chi connectivity index (χ1) is 10.6. The van der Waals surface area contributed by atoms with Gasteiger partial charge in [-0.05, 0) is 0 Å². The van der Waals surface area contributed by atoms with Crippen LogP contribution in [0.5, 0.6) is 0 Å². The molecule has 0 bridgehead atoms. The Labute approximate surface area is 126 Å². The Balaban J connectivity index is 1.92. The van der Waals surface area contributed by atoms with Gasteiger partial charge in [-0.3, -0.25) is 4.57 Å². The molecule has 3 atom stereocenters. The van der Waals surface area contributed by atoms with Crippen molar-refractivity contribution in [2.45, 2.75) is 24.9 Å². The van der Waals surface area contributed by atoms with Gasteiger partial charge in [0.2, 0.25) is 0 Å². The third kappa shape index (κ3) is 2.78. The molecule has 0 unspecified atom stereocenters. The molecule has 118 valence electrons. The number of aliphatic hydroxyl groups excluding tert-OH is 2. The lowest BCUT2D eigenvalue weighted by molar-refractivity contribution is -0.0432. The zero-order chi connectivity index (χ0) is 15.7. The Kier molecular flexibility index (Phi) is 4.01. The number of ether oxygens (including phenoxy) is 1. The molecule has 2 N–H and O–H groups in total. The minimum absolute atomic E-state index is 0.225. The fraction of sp³-hybridized carbons (Fsp3) is 0.538. The van der Waals surface area contributed by atoms with E-state index in [0.29, 0.717) is 23.5 Å². The van der Waals surface area contributed by atoms with Crippen LogP contribution in [0.2, 0.25) is 0 Å². The largest absolute Gasteiger partial charge is 0.394 e. The van der Waals surface area contributed by atoms with Gasteiger partial charge in [0.25, 0.3) is 5.95 Å². The number of aromatic nitrogens is 4. The molecule has 3 rings (SSSR count). The van der Waals surface area contributed by atoms with Gasteiger partial charge in [0, 0.05) is 20.5 Å². The first-order valence-corrected chi connectivity index (χ1v) is 6.93. The molecule has 9 heteroatoms. The number of aliphatic imine (C=N–C) groups is 1. The minimum Gasteiger partial charge on any atom is -0.394 e. The van der Waals surface area contributed by atoms with Gasteiger partial charge in [-0.2, -0.15) is 4.98 Å². The number of aliphatic hydroxyl groups is 2. The summed E-state index contributed by atoms with van der Waals surface area (Å²) in [5, 5.41) is 19.0. The molecule has 22 heavy (non-hydrogen) atoms. The standard InChI is InChI=1S/C13H18N6O3/c1-18(2)6-16-13-14-4-8-12(17-13)19(7-15-8)11-3-9(21)10(5-20)22-11/h4,6-7,9-11,20-21H,3,5H2,1-2H3/t9-,10+,11+/m0/s1. The van der Waals surface area contributed by atoms with Gasteiger partial charge < -0.3 is 19.8 Å². The third-order valence-corrected chi connectivity index (χ3v) is 3.40. The Morgan fingerprint density at radius 1 is 1.50 bits per heavy atom. The Hall–Kier alpha value is -2.10. The molecule has 3 heterocycles. The van der Waals surface area contributed by atoms with Crippen molar-refractivity contribution in [1.82, 2.24) is 24.4 Å². The molecular formula is C13H18N6O3. The number of hydrogen-bond donors (Lipinski definition) is 2. The van der Waals surface area contributed by atoms with Crippen LogP contribution in [0.1, 0.15) is 12.6 Å².